The van der Waals surface area contributed by atoms with Gasteiger partial charge in [0.2, 0.25) is 11.8 Å². The smallest absolute Gasteiger partial charge is 0.408 e. The zero-order valence-corrected chi connectivity index (χ0v) is 17.5. The van der Waals surface area contributed by atoms with E-state index in [-0.39, 0.29) is 17.2 Å². The van der Waals surface area contributed by atoms with Gasteiger partial charge in [0.15, 0.2) is 0 Å². The summed E-state index contributed by atoms with van der Waals surface area (Å²) in [6.07, 6.45) is -0.637. The van der Waals surface area contributed by atoms with Crippen molar-refractivity contribution in [2.75, 3.05) is 26.2 Å². The zero-order chi connectivity index (χ0) is 20.6. The van der Waals surface area contributed by atoms with Gasteiger partial charge in [0, 0.05) is 30.9 Å². The average Bonchev–Trinajstić information content (AvgIpc) is 2.78. The van der Waals surface area contributed by atoms with Crippen LogP contribution < -0.4 is 16.8 Å². The fourth-order valence-corrected chi connectivity index (χ4v) is 5.02. The molecule has 0 spiro atoms. The third-order valence-electron chi connectivity index (χ3n) is 4.46. The van der Waals surface area contributed by atoms with Gasteiger partial charge >= 0.3 is 6.09 Å². The van der Waals surface area contributed by atoms with Gasteiger partial charge in [-0.3, -0.25) is 9.59 Å². The number of alkyl carbamates (subject to hydrolysis) is 1. The number of fused-ring (bicyclic) bond motifs is 1. The van der Waals surface area contributed by atoms with E-state index in [2.05, 4.69) is 5.32 Å². The molecule has 2 fully saturated rings. The summed E-state index contributed by atoms with van der Waals surface area (Å²) in [5.74, 6) is -0.433. The number of hydrogen-bond acceptors (Lipinski definition) is 7. The van der Waals surface area contributed by atoms with E-state index < -0.39 is 28.5 Å². The fraction of sp³-hybridized carbons (Fsp3) is 0.824. The average molecular weight is 402 g/mol. The van der Waals surface area contributed by atoms with E-state index >= 15 is 0 Å². The molecule has 2 aliphatic heterocycles. The predicted molar refractivity (Wildman–Crippen MR) is 104 cm³/mol. The number of thioether (sulfide) groups is 1. The maximum atomic E-state index is 13.1. The van der Waals surface area contributed by atoms with Gasteiger partial charge in [0.1, 0.15) is 23.1 Å². The van der Waals surface area contributed by atoms with Crippen LogP contribution in [0.2, 0.25) is 0 Å². The van der Waals surface area contributed by atoms with Gasteiger partial charge in [-0.15, -0.1) is 11.8 Å². The largest absolute Gasteiger partial charge is 0.444 e. The molecule has 0 aromatic rings. The van der Waals surface area contributed by atoms with Crippen molar-refractivity contribution in [2.24, 2.45) is 11.5 Å². The number of nitrogens with two attached hydrogens (primary N) is 2. The first-order valence-corrected chi connectivity index (χ1v) is 9.99. The Morgan fingerprint density at radius 2 is 1.81 bits per heavy atom. The van der Waals surface area contributed by atoms with Crippen molar-refractivity contribution in [3.8, 4) is 0 Å². The van der Waals surface area contributed by atoms with Gasteiger partial charge in [-0.05, 0) is 34.6 Å². The van der Waals surface area contributed by atoms with Crippen molar-refractivity contribution >= 4 is 29.7 Å². The van der Waals surface area contributed by atoms with Crippen molar-refractivity contribution in [3.63, 3.8) is 0 Å². The molecule has 154 valence electrons. The second-order valence-electron chi connectivity index (χ2n) is 8.29. The Hall–Kier alpha value is -1.52. The third-order valence-corrected chi connectivity index (χ3v) is 6.03. The van der Waals surface area contributed by atoms with E-state index in [1.807, 2.05) is 13.8 Å². The molecule has 0 aromatic carbocycles. The first-order valence-electron chi connectivity index (χ1n) is 9.11. The summed E-state index contributed by atoms with van der Waals surface area (Å²) in [6.45, 7) is 10.6. The molecule has 9 nitrogen and oxygen atoms in total. The molecule has 2 heterocycles. The molecule has 27 heavy (non-hydrogen) atoms. The number of amides is 3. The molecule has 0 bridgehead atoms. The van der Waals surface area contributed by atoms with Gasteiger partial charge in [-0.25, -0.2) is 4.79 Å². The molecule has 2 rings (SSSR count). The first-order chi connectivity index (χ1) is 12.4. The number of carbonyl (C=O) groups is 3. The summed E-state index contributed by atoms with van der Waals surface area (Å²) in [7, 11) is 0. The number of β-lactam (4-membered cyclic amide) rings is 1. The SMILES string of the molecule is CC(C)(C)OC(=O)NC1C(=O)N2C1SC(C)(C)[C@@H]2C(=O)N(CCN)CCN. The van der Waals surface area contributed by atoms with Gasteiger partial charge < -0.3 is 31.3 Å². The monoisotopic (exact) mass is 401 g/mol. The molecule has 10 heteroatoms. The van der Waals surface area contributed by atoms with Crippen LogP contribution in [-0.2, 0) is 14.3 Å². The molecule has 0 radical (unpaired) electrons. The van der Waals surface area contributed by atoms with Crippen LogP contribution in [0.15, 0.2) is 0 Å². The Morgan fingerprint density at radius 1 is 1.26 bits per heavy atom. The first kappa shape index (κ1) is 21.8. The maximum Gasteiger partial charge on any atom is 0.408 e. The molecule has 5 N–H and O–H groups in total. The number of hydrogen-bond donors (Lipinski definition) is 3. The van der Waals surface area contributed by atoms with Gasteiger partial charge in [-0.2, -0.15) is 0 Å². The predicted octanol–water partition coefficient (Wildman–Crippen LogP) is -0.312. The topological polar surface area (TPSA) is 131 Å². The second kappa shape index (κ2) is 7.84. The standard InChI is InChI=1S/C17H31N5O4S/c1-16(2,3)26-15(25)20-10-12(23)22-11(17(4,5)27-14(10)22)13(24)21(8-6-18)9-7-19/h10-11,14H,6-9,18-19H2,1-5H3,(H,20,25)/t10?,11-,14?/m0/s1. The molecule has 2 saturated heterocycles. The molecule has 2 unspecified atom stereocenters. The summed E-state index contributed by atoms with van der Waals surface area (Å²) >= 11 is 1.50. The normalized spacial score (nSPS) is 26.3. The van der Waals surface area contributed by atoms with E-state index in [0.717, 1.165) is 0 Å². The lowest BCUT2D eigenvalue weighted by atomic mass is 9.94. The summed E-state index contributed by atoms with van der Waals surface area (Å²) in [5.41, 5.74) is 10.6. The van der Waals surface area contributed by atoms with Crippen LogP contribution in [0.3, 0.4) is 0 Å². The molecule has 0 saturated carbocycles. The Morgan fingerprint density at radius 3 is 2.30 bits per heavy atom. The Labute approximate surface area is 164 Å². The van der Waals surface area contributed by atoms with Crippen molar-refractivity contribution in [1.82, 2.24) is 15.1 Å². The van der Waals surface area contributed by atoms with Gasteiger partial charge in [0.05, 0.1) is 0 Å². The minimum Gasteiger partial charge on any atom is -0.444 e. The Balaban J connectivity index is 2.13. The molecule has 3 atom stereocenters. The highest BCUT2D eigenvalue weighted by molar-refractivity contribution is 8.01. The summed E-state index contributed by atoms with van der Waals surface area (Å²) in [6, 6.07) is -1.31. The van der Waals surface area contributed by atoms with E-state index in [1.165, 1.54) is 11.8 Å². The van der Waals surface area contributed by atoms with E-state index in [0.29, 0.717) is 26.2 Å². The van der Waals surface area contributed by atoms with Gasteiger partial charge in [-0.1, -0.05) is 0 Å². The molecular formula is C17H31N5O4S. The molecule has 0 aromatic heterocycles. The van der Waals surface area contributed by atoms with Crippen molar-refractivity contribution in [3.05, 3.63) is 0 Å². The van der Waals surface area contributed by atoms with E-state index in [9.17, 15) is 14.4 Å². The van der Waals surface area contributed by atoms with Gasteiger partial charge in [0.25, 0.3) is 0 Å². The minimum atomic E-state index is -0.695. The van der Waals surface area contributed by atoms with Crippen LogP contribution in [-0.4, -0.2) is 81.7 Å². The second-order valence-corrected chi connectivity index (χ2v) is 10.1. The van der Waals surface area contributed by atoms with Crippen LogP contribution in [0.1, 0.15) is 34.6 Å². The highest BCUT2D eigenvalue weighted by Crippen LogP contribution is 2.51. The van der Waals surface area contributed by atoms with Crippen LogP contribution in [0.4, 0.5) is 4.79 Å². The number of nitrogens with zero attached hydrogens (tertiary/aromatic N) is 2. The van der Waals surface area contributed by atoms with Crippen molar-refractivity contribution < 1.29 is 19.1 Å². The van der Waals surface area contributed by atoms with E-state index in [4.69, 9.17) is 16.2 Å². The molecular weight excluding hydrogens is 370 g/mol. The molecule has 2 aliphatic rings. The number of ether oxygens (including phenoxy) is 1. The fourth-order valence-electron chi connectivity index (χ4n) is 3.40. The van der Waals surface area contributed by atoms with E-state index in [1.54, 1.807) is 30.6 Å². The van der Waals surface area contributed by atoms with Crippen LogP contribution in [0.5, 0.6) is 0 Å². The summed E-state index contributed by atoms with van der Waals surface area (Å²) in [5, 5.41) is 2.33. The minimum absolute atomic E-state index is 0.157. The highest BCUT2D eigenvalue weighted by atomic mass is 32.2. The maximum absolute atomic E-state index is 13.1. The highest BCUT2D eigenvalue weighted by Gasteiger charge is 2.64. The lowest BCUT2D eigenvalue weighted by Crippen LogP contribution is -2.71. The van der Waals surface area contributed by atoms with Crippen molar-refractivity contribution in [1.29, 1.82) is 0 Å². The number of rotatable bonds is 6. The quantitative estimate of drug-likeness (QED) is 0.520. The lowest BCUT2D eigenvalue weighted by molar-refractivity contribution is -0.157. The van der Waals surface area contributed by atoms with Crippen molar-refractivity contribution in [2.45, 2.75) is 62.4 Å². The molecule has 0 aliphatic carbocycles. The lowest BCUT2D eigenvalue weighted by Gasteiger charge is -2.45. The zero-order valence-electron chi connectivity index (χ0n) is 16.7. The Kier molecular flexibility index (Phi) is 6.33. The molecule has 3 amide bonds. The summed E-state index contributed by atoms with van der Waals surface area (Å²) in [4.78, 5) is 41.0. The number of carbonyl (C=O) groups excluding carboxylic acids is 3. The van der Waals surface area contributed by atoms with Crippen LogP contribution in [0.25, 0.3) is 0 Å². The Bertz CT molecular complexity index is 601. The third kappa shape index (κ3) is 4.49. The number of nitrogens with one attached hydrogen (secondary N) is 1. The summed E-state index contributed by atoms with van der Waals surface area (Å²) < 4.78 is 4.74. The van der Waals surface area contributed by atoms with Crippen LogP contribution in [0, 0.1) is 0 Å². The van der Waals surface area contributed by atoms with Crippen LogP contribution >= 0.6 is 11.8 Å².